The lowest BCUT2D eigenvalue weighted by atomic mass is 10.0. The molecule has 0 saturated heterocycles. The predicted octanol–water partition coefficient (Wildman–Crippen LogP) is 2.51. The molecule has 0 fully saturated rings. The number of carboxylic acid groups (broad SMARTS) is 1. The van der Waals surface area contributed by atoms with E-state index in [0.717, 1.165) is 10.8 Å². The van der Waals surface area contributed by atoms with Crippen LogP contribution < -0.4 is 5.32 Å². The fraction of sp³-hybridized carbons (Fsp3) is 0.333. The predicted molar refractivity (Wildman–Crippen MR) is 78.1 cm³/mol. The van der Waals surface area contributed by atoms with Gasteiger partial charge in [-0.15, -0.1) is 0 Å². The van der Waals surface area contributed by atoms with Gasteiger partial charge in [0.2, 0.25) is 0 Å². The van der Waals surface area contributed by atoms with Gasteiger partial charge in [0.15, 0.2) is 5.69 Å². The zero-order valence-electron chi connectivity index (χ0n) is 11.6. The van der Waals surface area contributed by atoms with Gasteiger partial charge >= 0.3 is 5.97 Å². The van der Waals surface area contributed by atoms with Crippen LogP contribution in [0.3, 0.4) is 0 Å². The van der Waals surface area contributed by atoms with Crippen LogP contribution in [-0.2, 0) is 0 Å². The number of nitrogens with zero attached hydrogens (tertiary/aromatic N) is 1. The Kier molecular flexibility index (Phi) is 3.90. The lowest BCUT2D eigenvalue weighted by Gasteiger charge is -2.27. The molecule has 0 spiro atoms. The number of rotatable bonds is 5. The maximum Gasteiger partial charge on any atom is 0.354 e. The van der Waals surface area contributed by atoms with E-state index in [1.54, 1.807) is 6.07 Å². The molecule has 0 saturated carbocycles. The number of aromatic nitrogens is 1. The summed E-state index contributed by atoms with van der Waals surface area (Å²) in [6.45, 7) is 3.93. The maximum atomic E-state index is 11.2. The molecule has 1 aromatic carbocycles. The van der Waals surface area contributed by atoms with Crippen LogP contribution in [0, 0.1) is 0 Å². The van der Waals surface area contributed by atoms with Gasteiger partial charge in [-0.1, -0.05) is 24.3 Å². The third-order valence-corrected chi connectivity index (χ3v) is 3.15. The summed E-state index contributed by atoms with van der Waals surface area (Å²) in [5.41, 5.74) is -0.368. The minimum atomic E-state index is -1.06. The lowest BCUT2D eigenvalue weighted by molar-refractivity contribution is 0.0691. The topological polar surface area (TPSA) is 82.5 Å². The van der Waals surface area contributed by atoms with Gasteiger partial charge in [0.25, 0.3) is 0 Å². The molecule has 0 aliphatic heterocycles. The van der Waals surface area contributed by atoms with Crippen LogP contribution in [0.5, 0.6) is 0 Å². The van der Waals surface area contributed by atoms with Crippen LogP contribution in [0.1, 0.15) is 30.8 Å². The second-order valence-electron chi connectivity index (χ2n) is 5.36. The SMILES string of the molecule is CC(C)(CCO)Nc1nc(C(=O)O)cc2ccccc12. The van der Waals surface area contributed by atoms with Crippen LogP contribution in [0.4, 0.5) is 5.82 Å². The monoisotopic (exact) mass is 274 g/mol. The van der Waals surface area contributed by atoms with E-state index in [-0.39, 0.29) is 17.8 Å². The number of benzene rings is 1. The zero-order chi connectivity index (χ0) is 14.8. The number of fused-ring (bicyclic) bond motifs is 1. The van der Waals surface area contributed by atoms with Crippen molar-refractivity contribution in [2.24, 2.45) is 0 Å². The van der Waals surface area contributed by atoms with E-state index >= 15 is 0 Å². The summed E-state index contributed by atoms with van der Waals surface area (Å²) in [6, 6.07) is 9.05. The summed E-state index contributed by atoms with van der Waals surface area (Å²) >= 11 is 0. The van der Waals surface area contributed by atoms with E-state index < -0.39 is 5.97 Å². The summed E-state index contributed by atoms with van der Waals surface area (Å²) in [4.78, 5) is 15.3. The first kappa shape index (κ1) is 14.3. The Balaban J connectivity index is 2.52. The largest absolute Gasteiger partial charge is 0.477 e. The van der Waals surface area contributed by atoms with Crippen LogP contribution in [-0.4, -0.2) is 33.3 Å². The molecule has 0 aliphatic rings. The molecule has 0 aliphatic carbocycles. The van der Waals surface area contributed by atoms with Crippen molar-refractivity contribution in [1.29, 1.82) is 0 Å². The standard InChI is InChI=1S/C15H18N2O3/c1-15(2,7-8-18)17-13-11-6-4-3-5-10(11)9-12(16-13)14(19)20/h3-6,9,18H,7-8H2,1-2H3,(H,16,17)(H,19,20). The van der Waals surface area contributed by atoms with Crippen molar-refractivity contribution in [1.82, 2.24) is 4.98 Å². The van der Waals surface area contributed by atoms with E-state index in [1.165, 1.54) is 0 Å². The number of aliphatic hydroxyl groups excluding tert-OH is 1. The molecule has 106 valence electrons. The second-order valence-corrected chi connectivity index (χ2v) is 5.36. The molecule has 2 aromatic rings. The molecule has 0 amide bonds. The minimum absolute atomic E-state index is 0.00555. The number of nitrogens with one attached hydrogen (secondary N) is 1. The fourth-order valence-electron chi connectivity index (χ4n) is 2.07. The molecular weight excluding hydrogens is 256 g/mol. The third kappa shape index (κ3) is 3.05. The number of carboxylic acids is 1. The lowest BCUT2D eigenvalue weighted by Crippen LogP contribution is -2.32. The number of pyridine rings is 1. The Morgan fingerprint density at radius 3 is 2.70 bits per heavy atom. The van der Waals surface area contributed by atoms with Crippen LogP contribution in [0.25, 0.3) is 10.8 Å². The number of aromatic carboxylic acids is 1. The van der Waals surface area contributed by atoms with Crippen LogP contribution >= 0.6 is 0 Å². The van der Waals surface area contributed by atoms with Crippen molar-refractivity contribution in [2.75, 3.05) is 11.9 Å². The number of carbonyl (C=O) groups is 1. The molecule has 0 unspecified atom stereocenters. The third-order valence-electron chi connectivity index (χ3n) is 3.15. The number of anilines is 1. The highest BCUT2D eigenvalue weighted by Crippen LogP contribution is 2.26. The van der Waals surface area contributed by atoms with Crippen LogP contribution in [0.2, 0.25) is 0 Å². The maximum absolute atomic E-state index is 11.2. The summed E-state index contributed by atoms with van der Waals surface area (Å²) in [5, 5.41) is 23.1. The van der Waals surface area contributed by atoms with E-state index in [9.17, 15) is 4.79 Å². The molecule has 3 N–H and O–H groups in total. The average Bonchev–Trinajstić information content (AvgIpc) is 2.37. The summed E-state index contributed by atoms with van der Waals surface area (Å²) in [7, 11) is 0. The molecule has 1 heterocycles. The van der Waals surface area contributed by atoms with E-state index in [0.29, 0.717) is 12.2 Å². The van der Waals surface area contributed by atoms with Crippen molar-refractivity contribution in [3.63, 3.8) is 0 Å². The first-order chi connectivity index (χ1) is 9.43. The Hall–Kier alpha value is -2.14. The van der Waals surface area contributed by atoms with Crippen LogP contribution in [0.15, 0.2) is 30.3 Å². The molecular formula is C15H18N2O3. The minimum Gasteiger partial charge on any atom is -0.477 e. The first-order valence-corrected chi connectivity index (χ1v) is 6.45. The van der Waals surface area contributed by atoms with Gasteiger partial charge in [0.1, 0.15) is 5.82 Å². The van der Waals surface area contributed by atoms with Gasteiger partial charge in [-0.3, -0.25) is 0 Å². The number of hydrogen-bond acceptors (Lipinski definition) is 4. The quantitative estimate of drug-likeness (QED) is 0.780. The van der Waals surface area contributed by atoms with E-state index in [1.807, 2.05) is 38.1 Å². The van der Waals surface area contributed by atoms with Crippen molar-refractivity contribution in [2.45, 2.75) is 25.8 Å². The summed E-state index contributed by atoms with van der Waals surface area (Å²) < 4.78 is 0. The van der Waals surface area contributed by atoms with Crippen molar-refractivity contribution < 1.29 is 15.0 Å². The second kappa shape index (κ2) is 5.46. The zero-order valence-corrected chi connectivity index (χ0v) is 11.6. The Morgan fingerprint density at radius 2 is 2.05 bits per heavy atom. The molecule has 0 bridgehead atoms. The van der Waals surface area contributed by atoms with Crippen molar-refractivity contribution >= 4 is 22.6 Å². The summed E-state index contributed by atoms with van der Waals surface area (Å²) in [5.74, 6) is -0.530. The van der Waals surface area contributed by atoms with Gasteiger partial charge in [-0.25, -0.2) is 9.78 Å². The van der Waals surface area contributed by atoms with Gasteiger partial charge in [0.05, 0.1) is 0 Å². The number of aliphatic hydroxyl groups is 1. The van der Waals surface area contributed by atoms with Crippen molar-refractivity contribution in [3.8, 4) is 0 Å². The molecule has 5 heteroatoms. The van der Waals surface area contributed by atoms with Gasteiger partial charge < -0.3 is 15.5 Å². The molecule has 0 atom stereocenters. The Morgan fingerprint density at radius 1 is 1.35 bits per heavy atom. The summed E-state index contributed by atoms with van der Waals surface area (Å²) in [6.07, 6.45) is 0.542. The Bertz CT molecular complexity index is 638. The van der Waals surface area contributed by atoms with Gasteiger partial charge in [0, 0.05) is 17.5 Å². The molecule has 5 nitrogen and oxygen atoms in total. The average molecular weight is 274 g/mol. The Labute approximate surface area is 117 Å². The smallest absolute Gasteiger partial charge is 0.354 e. The van der Waals surface area contributed by atoms with Gasteiger partial charge in [-0.05, 0) is 31.7 Å². The molecule has 1 aromatic heterocycles. The normalized spacial score (nSPS) is 11.6. The highest BCUT2D eigenvalue weighted by Gasteiger charge is 2.20. The first-order valence-electron chi connectivity index (χ1n) is 6.45. The molecule has 0 radical (unpaired) electrons. The fourth-order valence-corrected chi connectivity index (χ4v) is 2.07. The highest BCUT2D eigenvalue weighted by atomic mass is 16.4. The van der Waals surface area contributed by atoms with E-state index in [2.05, 4.69) is 10.3 Å². The van der Waals surface area contributed by atoms with E-state index in [4.69, 9.17) is 10.2 Å². The number of hydrogen-bond donors (Lipinski definition) is 3. The van der Waals surface area contributed by atoms with Gasteiger partial charge in [-0.2, -0.15) is 0 Å². The molecule has 20 heavy (non-hydrogen) atoms. The molecule has 2 rings (SSSR count). The highest BCUT2D eigenvalue weighted by molar-refractivity contribution is 5.97. The van der Waals surface area contributed by atoms with Crippen molar-refractivity contribution in [3.05, 3.63) is 36.0 Å².